The summed E-state index contributed by atoms with van der Waals surface area (Å²) in [5.74, 6) is -2.83. The van der Waals surface area contributed by atoms with Crippen LogP contribution in [-0.2, 0) is 22.9 Å². The van der Waals surface area contributed by atoms with E-state index in [1.807, 2.05) is 0 Å². The van der Waals surface area contributed by atoms with Gasteiger partial charge in [0.25, 0.3) is 0 Å². The van der Waals surface area contributed by atoms with E-state index in [2.05, 4.69) is 9.46 Å². The van der Waals surface area contributed by atoms with Crippen molar-refractivity contribution in [2.75, 3.05) is 7.11 Å². The first-order valence-electron chi connectivity index (χ1n) is 11.4. The minimum atomic E-state index is -4.89. The van der Waals surface area contributed by atoms with Crippen LogP contribution in [0.1, 0.15) is 37.5 Å². The Morgan fingerprint density at radius 1 is 0.921 bits per heavy atom. The molecule has 0 aliphatic carbocycles. The molecule has 0 aliphatic heterocycles. The largest absolute Gasteiger partial charge is 0.494 e. The molecule has 0 saturated heterocycles. The molecular formula is C27H27F6NO3S. The van der Waals surface area contributed by atoms with Crippen molar-refractivity contribution in [3.05, 3.63) is 95.1 Å². The Hall–Kier alpha value is -3.05. The second-order valence-electron chi connectivity index (χ2n) is 9.54. The maximum atomic E-state index is 14.9. The second kappa shape index (κ2) is 11.4. The number of hydrogen-bond acceptors (Lipinski definition) is 3. The van der Waals surface area contributed by atoms with E-state index in [1.54, 1.807) is 51.1 Å². The zero-order valence-electron chi connectivity index (χ0n) is 21.0. The lowest BCUT2D eigenvalue weighted by Gasteiger charge is -2.38. The summed E-state index contributed by atoms with van der Waals surface area (Å²) in [5.41, 5.74) is -0.832. The quantitative estimate of drug-likeness (QED) is 0.280. The minimum Gasteiger partial charge on any atom is -0.494 e. The first-order chi connectivity index (χ1) is 17.7. The molecule has 3 rings (SSSR count). The van der Waals surface area contributed by atoms with Gasteiger partial charge in [-0.1, -0.05) is 36.4 Å². The van der Waals surface area contributed by atoms with E-state index < -0.39 is 51.2 Å². The molecule has 0 saturated carbocycles. The Morgan fingerprint density at radius 3 is 2.16 bits per heavy atom. The van der Waals surface area contributed by atoms with Crippen molar-refractivity contribution in [1.82, 2.24) is 4.72 Å². The third kappa shape index (κ3) is 6.68. The monoisotopic (exact) mass is 559 g/mol. The van der Waals surface area contributed by atoms with Gasteiger partial charge in [-0.25, -0.2) is 17.7 Å². The van der Waals surface area contributed by atoms with Crippen molar-refractivity contribution < 1.29 is 40.0 Å². The molecule has 1 unspecified atom stereocenters. The molecule has 3 aromatic rings. The van der Waals surface area contributed by atoms with Crippen LogP contribution in [0.4, 0.5) is 26.3 Å². The summed E-state index contributed by atoms with van der Waals surface area (Å²) in [4.78, 5) is 0. The third-order valence-electron chi connectivity index (χ3n) is 5.65. The van der Waals surface area contributed by atoms with E-state index >= 15 is 0 Å². The predicted octanol–water partition coefficient (Wildman–Crippen LogP) is 6.75. The first kappa shape index (κ1) is 29.5. The Kier molecular flexibility index (Phi) is 8.82. The van der Waals surface area contributed by atoms with Gasteiger partial charge >= 0.3 is 12.5 Å². The summed E-state index contributed by atoms with van der Waals surface area (Å²) in [7, 11) is -0.612. The van der Waals surface area contributed by atoms with Gasteiger partial charge in [-0.05, 0) is 68.1 Å². The van der Waals surface area contributed by atoms with Crippen molar-refractivity contribution in [2.45, 2.75) is 50.0 Å². The van der Waals surface area contributed by atoms with Gasteiger partial charge in [0.05, 0.1) is 28.4 Å². The normalized spacial score (nSPS) is 14.7. The molecule has 0 bridgehead atoms. The van der Waals surface area contributed by atoms with Gasteiger partial charge < -0.3 is 9.47 Å². The zero-order chi connectivity index (χ0) is 28.3. The topological polar surface area (TPSA) is 47.6 Å². The summed E-state index contributed by atoms with van der Waals surface area (Å²) >= 11 is 0. The molecule has 38 heavy (non-hydrogen) atoms. The minimum absolute atomic E-state index is 0.0292. The average molecular weight is 560 g/mol. The highest BCUT2D eigenvalue weighted by Crippen LogP contribution is 2.40. The van der Waals surface area contributed by atoms with Gasteiger partial charge in [-0.15, -0.1) is 0 Å². The van der Waals surface area contributed by atoms with Gasteiger partial charge in [0.2, 0.25) is 0 Å². The number of halogens is 6. The van der Waals surface area contributed by atoms with E-state index in [1.165, 1.54) is 19.2 Å². The third-order valence-corrected chi connectivity index (χ3v) is 7.30. The molecule has 0 spiro atoms. The number of nitrogens with one attached hydrogen (secondary N) is 1. The Labute approximate surface area is 219 Å². The molecule has 11 heteroatoms. The van der Waals surface area contributed by atoms with E-state index in [0.717, 1.165) is 18.2 Å². The van der Waals surface area contributed by atoms with Crippen molar-refractivity contribution in [2.24, 2.45) is 0 Å². The van der Waals surface area contributed by atoms with Crippen molar-refractivity contribution >= 4 is 11.0 Å². The van der Waals surface area contributed by atoms with Crippen molar-refractivity contribution in [3.8, 4) is 11.5 Å². The summed E-state index contributed by atoms with van der Waals surface area (Å²) in [6.45, 7) is 5.04. The lowest BCUT2D eigenvalue weighted by Crippen LogP contribution is -2.50. The fraction of sp³-hybridized carbons (Fsp3) is 0.333. The van der Waals surface area contributed by atoms with Crippen molar-refractivity contribution in [3.63, 3.8) is 0 Å². The Morgan fingerprint density at radius 2 is 1.58 bits per heavy atom. The van der Waals surface area contributed by atoms with Crippen LogP contribution in [0.5, 0.6) is 11.5 Å². The standard InChI is InChI=1S/C27H27F6NO3S/c1-25(2,3)38(35)34-26(16-17-8-6-5-7-9-17,18-10-11-22(29)23(14-18)36-4)19-12-20(28)15-21(13-19)37-27(32,33)24(30)31/h5-15,24,34H,16H2,1-4H3/t26-,38?/m1/s1. The number of ether oxygens (including phenoxy) is 2. The smallest absolute Gasteiger partial charge is 0.461 e. The highest BCUT2D eigenvalue weighted by atomic mass is 32.2. The van der Waals surface area contributed by atoms with Gasteiger partial charge in [0.1, 0.15) is 11.6 Å². The maximum Gasteiger partial charge on any atom is 0.461 e. The van der Waals surface area contributed by atoms with Gasteiger partial charge in [-0.3, -0.25) is 0 Å². The Bertz CT molecular complexity index is 1280. The second-order valence-corrected chi connectivity index (χ2v) is 11.5. The van der Waals surface area contributed by atoms with Crippen LogP contribution in [0.25, 0.3) is 0 Å². The molecule has 0 radical (unpaired) electrons. The number of benzene rings is 3. The summed E-state index contributed by atoms with van der Waals surface area (Å²) in [5, 5.41) is 0. The van der Waals surface area contributed by atoms with Crippen LogP contribution >= 0.6 is 0 Å². The Balaban J connectivity index is 2.35. The predicted molar refractivity (Wildman–Crippen MR) is 133 cm³/mol. The number of alkyl halides is 4. The summed E-state index contributed by atoms with van der Waals surface area (Å²) in [6, 6.07) is 14.9. The van der Waals surface area contributed by atoms with Crippen LogP contribution in [0.3, 0.4) is 0 Å². The fourth-order valence-corrected chi connectivity index (χ4v) is 4.66. The van der Waals surface area contributed by atoms with Crippen molar-refractivity contribution in [1.29, 1.82) is 0 Å². The molecule has 0 amide bonds. The first-order valence-corrected chi connectivity index (χ1v) is 12.6. The van der Waals surface area contributed by atoms with E-state index in [-0.39, 0.29) is 23.3 Å². The molecular weight excluding hydrogens is 532 g/mol. The van der Waals surface area contributed by atoms with E-state index in [0.29, 0.717) is 11.6 Å². The van der Waals surface area contributed by atoms with Crippen LogP contribution in [0.2, 0.25) is 0 Å². The summed E-state index contributed by atoms with van der Waals surface area (Å²) < 4.78 is 107. The van der Waals surface area contributed by atoms with Crippen LogP contribution in [0, 0.1) is 11.6 Å². The SMILES string of the molecule is COc1cc([C@@](Cc2ccccc2)(NS(=O)C(C)(C)C)c2cc(F)cc(OC(F)(F)C(F)F)c2)ccc1F. The van der Waals surface area contributed by atoms with Crippen LogP contribution in [-0.4, -0.2) is 28.6 Å². The lowest BCUT2D eigenvalue weighted by atomic mass is 9.78. The zero-order valence-corrected chi connectivity index (χ0v) is 21.9. The number of rotatable bonds is 10. The van der Waals surface area contributed by atoms with Gasteiger partial charge in [0, 0.05) is 6.07 Å². The highest BCUT2D eigenvalue weighted by molar-refractivity contribution is 7.84. The fourth-order valence-electron chi connectivity index (χ4n) is 3.73. The maximum absolute atomic E-state index is 14.9. The van der Waals surface area contributed by atoms with Crippen LogP contribution in [0.15, 0.2) is 66.7 Å². The molecule has 3 aromatic carbocycles. The molecule has 0 aliphatic rings. The van der Waals surface area contributed by atoms with Gasteiger partial charge in [-0.2, -0.15) is 17.6 Å². The molecule has 0 fully saturated rings. The molecule has 0 aromatic heterocycles. The molecule has 0 heterocycles. The average Bonchev–Trinajstić information content (AvgIpc) is 2.83. The number of hydrogen-bond donors (Lipinski definition) is 1. The molecule has 2 atom stereocenters. The van der Waals surface area contributed by atoms with E-state index in [4.69, 9.17) is 4.74 Å². The highest BCUT2D eigenvalue weighted by Gasteiger charge is 2.45. The molecule has 4 nitrogen and oxygen atoms in total. The molecule has 1 N–H and O–H groups in total. The van der Waals surface area contributed by atoms with E-state index in [9.17, 15) is 30.6 Å². The van der Waals surface area contributed by atoms with Crippen LogP contribution < -0.4 is 14.2 Å². The summed E-state index contributed by atoms with van der Waals surface area (Å²) in [6.07, 6.45) is -9.09. The lowest BCUT2D eigenvalue weighted by molar-refractivity contribution is -0.253. The van der Waals surface area contributed by atoms with Gasteiger partial charge in [0.15, 0.2) is 11.6 Å². The molecule has 206 valence electrons. The number of methoxy groups -OCH3 is 1.